The molecule has 0 bridgehead atoms. The molecule has 2 heterocycles. The zero-order valence-corrected chi connectivity index (χ0v) is 16.5. The van der Waals surface area contributed by atoms with E-state index in [-0.39, 0.29) is 24.0 Å². The van der Waals surface area contributed by atoms with Gasteiger partial charge in [-0.25, -0.2) is 0 Å². The minimum Gasteiger partial charge on any atom is -0.376 e. The molecule has 0 aromatic heterocycles. The van der Waals surface area contributed by atoms with Crippen LogP contribution in [0.25, 0.3) is 0 Å². The summed E-state index contributed by atoms with van der Waals surface area (Å²) in [6, 6.07) is 0. The molecule has 1 unspecified atom stereocenters. The third kappa shape index (κ3) is 7.46. The molecule has 0 saturated carbocycles. The predicted octanol–water partition coefficient (Wildman–Crippen LogP) is 2.07. The van der Waals surface area contributed by atoms with Gasteiger partial charge >= 0.3 is 0 Å². The van der Waals surface area contributed by atoms with Gasteiger partial charge in [0.15, 0.2) is 5.96 Å². The highest BCUT2D eigenvalue weighted by Crippen LogP contribution is 2.15. The van der Waals surface area contributed by atoms with E-state index in [2.05, 4.69) is 27.4 Å². The van der Waals surface area contributed by atoms with Crippen LogP contribution in [0, 0.1) is 5.92 Å². The van der Waals surface area contributed by atoms with Crippen molar-refractivity contribution in [1.29, 1.82) is 0 Å². The van der Waals surface area contributed by atoms with Gasteiger partial charge in [-0.2, -0.15) is 0 Å². The second-order valence-corrected chi connectivity index (χ2v) is 6.39. The molecule has 0 radical (unpaired) electrons. The normalized spacial score (nSPS) is 24.1. The highest BCUT2D eigenvalue weighted by molar-refractivity contribution is 14.0. The highest BCUT2D eigenvalue weighted by Gasteiger charge is 2.16. The molecule has 2 N–H and O–H groups in total. The monoisotopic (exact) mass is 424 g/mol. The molecule has 130 valence electrons. The number of likely N-dealkylation sites (tertiary alicyclic amines) is 1. The van der Waals surface area contributed by atoms with Crippen LogP contribution in [-0.2, 0) is 4.74 Å². The van der Waals surface area contributed by atoms with E-state index in [9.17, 15) is 0 Å². The lowest BCUT2D eigenvalue weighted by Crippen LogP contribution is -2.42. The zero-order chi connectivity index (χ0) is 14.9. The molecule has 5 nitrogen and oxygen atoms in total. The Hall–Kier alpha value is -0.0800. The van der Waals surface area contributed by atoms with Crippen molar-refractivity contribution in [2.75, 3.05) is 46.4 Å². The van der Waals surface area contributed by atoms with Crippen molar-refractivity contribution in [2.24, 2.45) is 10.9 Å². The molecule has 2 saturated heterocycles. The topological polar surface area (TPSA) is 48.9 Å². The molecule has 0 aromatic carbocycles. The van der Waals surface area contributed by atoms with Crippen molar-refractivity contribution in [2.45, 2.75) is 45.1 Å². The number of hydrogen-bond acceptors (Lipinski definition) is 3. The molecule has 2 fully saturated rings. The zero-order valence-electron chi connectivity index (χ0n) is 14.1. The number of guanidine groups is 1. The third-order valence-corrected chi connectivity index (χ3v) is 4.56. The summed E-state index contributed by atoms with van der Waals surface area (Å²) in [5.74, 6) is 1.82. The summed E-state index contributed by atoms with van der Waals surface area (Å²) in [4.78, 5) is 6.86. The number of ether oxygens (including phenoxy) is 1. The fourth-order valence-corrected chi connectivity index (χ4v) is 3.03. The van der Waals surface area contributed by atoms with Gasteiger partial charge in [0.2, 0.25) is 0 Å². The van der Waals surface area contributed by atoms with Crippen molar-refractivity contribution in [1.82, 2.24) is 15.5 Å². The number of hydrogen-bond donors (Lipinski definition) is 2. The van der Waals surface area contributed by atoms with E-state index in [1.807, 2.05) is 7.05 Å². The van der Waals surface area contributed by atoms with Gasteiger partial charge in [0.25, 0.3) is 0 Å². The fourth-order valence-electron chi connectivity index (χ4n) is 3.03. The summed E-state index contributed by atoms with van der Waals surface area (Å²) in [5, 5.41) is 6.75. The Balaban J connectivity index is 0.00000242. The molecule has 2 rings (SSSR count). The minimum atomic E-state index is 0. The first-order valence-electron chi connectivity index (χ1n) is 8.56. The maximum Gasteiger partial charge on any atom is 0.191 e. The van der Waals surface area contributed by atoms with E-state index in [0.717, 1.165) is 38.0 Å². The Morgan fingerprint density at radius 3 is 2.64 bits per heavy atom. The average molecular weight is 424 g/mol. The van der Waals surface area contributed by atoms with Crippen molar-refractivity contribution >= 4 is 29.9 Å². The summed E-state index contributed by atoms with van der Waals surface area (Å²) in [6.07, 6.45) is 6.61. The quantitative estimate of drug-likeness (QED) is 0.297. The molecule has 0 aliphatic carbocycles. The van der Waals surface area contributed by atoms with E-state index >= 15 is 0 Å². The lowest BCUT2D eigenvalue weighted by Gasteiger charge is -2.30. The molecule has 0 spiro atoms. The van der Waals surface area contributed by atoms with Crippen LogP contribution in [0.2, 0.25) is 0 Å². The molecule has 22 heavy (non-hydrogen) atoms. The molecule has 0 aromatic rings. The minimum absolute atomic E-state index is 0. The molecule has 2 aliphatic rings. The van der Waals surface area contributed by atoms with Crippen LogP contribution < -0.4 is 10.6 Å². The smallest absolute Gasteiger partial charge is 0.191 e. The first-order chi connectivity index (χ1) is 10.3. The van der Waals surface area contributed by atoms with Gasteiger partial charge in [0, 0.05) is 26.7 Å². The molecule has 0 amide bonds. The maximum atomic E-state index is 5.61. The Morgan fingerprint density at radius 1 is 1.23 bits per heavy atom. The van der Waals surface area contributed by atoms with E-state index in [4.69, 9.17) is 4.74 Å². The Morgan fingerprint density at radius 2 is 2.00 bits per heavy atom. The van der Waals surface area contributed by atoms with Crippen molar-refractivity contribution in [3.63, 3.8) is 0 Å². The van der Waals surface area contributed by atoms with Gasteiger partial charge in [-0.3, -0.25) is 4.99 Å². The van der Waals surface area contributed by atoms with Crippen molar-refractivity contribution in [3.05, 3.63) is 0 Å². The van der Waals surface area contributed by atoms with Crippen LogP contribution in [0.3, 0.4) is 0 Å². The first-order valence-corrected chi connectivity index (χ1v) is 8.56. The number of rotatable bonds is 6. The van der Waals surface area contributed by atoms with Crippen LogP contribution in [-0.4, -0.2) is 63.3 Å². The molecule has 6 heteroatoms. The lowest BCUT2D eigenvalue weighted by atomic mass is 9.99. The van der Waals surface area contributed by atoms with E-state index in [0.29, 0.717) is 6.10 Å². The largest absolute Gasteiger partial charge is 0.376 e. The van der Waals surface area contributed by atoms with Crippen LogP contribution in [0.15, 0.2) is 4.99 Å². The van der Waals surface area contributed by atoms with Gasteiger partial charge in [0.1, 0.15) is 0 Å². The summed E-state index contributed by atoms with van der Waals surface area (Å²) < 4.78 is 5.61. The maximum absolute atomic E-state index is 5.61. The fraction of sp³-hybridized carbons (Fsp3) is 0.938. The molecular weight excluding hydrogens is 391 g/mol. The molecule has 2 aliphatic heterocycles. The summed E-state index contributed by atoms with van der Waals surface area (Å²) in [7, 11) is 1.83. The molecular formula is C16H33IN4O. The van der Waals surface area contributed by atoms with E-state index in [1.165, 1.54) is 45.3 Å². The second-order valence-electron chi connectivity index (χ2n) is 6.39. The number of aliphatic imine (C=N–C) groups is 1. The van der Waals surface area contributed by atoms with Gasteiger partial charge in [-0.15, -0.1) is 24.0 Å². The summed E-state index contributed by atoms with van der Waals surface area (Å²) in [5.41, 5.74) is 0. The third-order valence-electron chi connectivity index (χ3n) is 4.56. The Kier molecular flexibility index (Phi) is 10.4. The van der Waals surface area contributed by atoms with Crippen LogP contribution in [0.4, 0.5) is 0 Å². The van der Waals surface area contributed by atoms with E-state index in [1.54, 1.807) is 0 Å². The van der Waals surface area contributed by atoms with Gasteiger partial charge < -0.3 is 20.3 Å². The Bertz CT molecular complexity index is 313. The van der Waals surface area contributed by atoms with E-state index < -0.39 is 0 Å². The lowest BCUT2D eigenvalue weighted by molar-refractivity contribution is 0.114. The second kappa shape index (κ2) is 11.5. The molecule has 1 atom stereocenters. The van der Waals surface area contributed by atoms with Crippen LogP contribution >= 0.6 is 24.0 Å². The van der Waals surface area contributed by atoms with Gasteiger partial charge in [-0.05, 0) is 57.7 Å². The van der Waals surface area contributed by atoms with Crippen molar-refractivity contribution in [3.8, 4) is 0 Å². The average Bonchev–Trinajstić information content (AvgIpc) is 3.02. The standard InChI is InChI=1S/C16H32N4O.HI/c1-14-6-10-20(11-7-14)9-4-8-18-16(17-2)19-13-15-5-3-12-21-15;/h14-15H,3-13H2,1-2H3,(H2,17,18,19);1H. The van der Waals surface area contributed by atoms with Crippen LogP contribution in [0.5, 0.6) is 0 Å². The highest BCUT2D eigenvalue weighted by atomic mass is 127. The van der Waals surface area contributed by atoms with Gasteiger partial charge in [0.05, 0.1) is 6.10 Å². The SMILES string of the molecule is CN=C(NCCCN1CCC(C)CC1)NCC1CCCO1.I. The number of nitrogens with zero attached hydrogens (tertiary/aromatic N) is 2. The number of piperidine rings is 1. The van der Waals surface area contributed by atoms with Crippen molar-refractivity contribution < 1.29 is 4.74 Å². The first kappa shape index (κ1) is 20.0. The predicted molar refractivity (Wildman–Crippen MR) is 103 cm³/mol. The van der Waals surface area contributed by atoms with Gasteiger partial charge in [-0.1, -0.05) is 6.92 Å². The Labute approximate surface area is 152 Å². The van der Waals surface area contributed by atoms with Crippen LogP contribution in [0.1, 0.15) is 39.0 Å². The summed E-state index contributed by atoms with van der Waals surface area (Å²) in [6.45, 7) is 8.86. The summed E-state index contributed by atoms with van der Waals surface area (Å²) >= 11 is 0. The number of nitrogens with one attached hydrogen (secondary N) is 2. The number of halogens is 1.